The number of benzene rings is 3. The molecule has 0 spiro atoms. The molecule has 0 atom stereocenters. The van der Waals surface area contributed by atoms with Gasteiger partial charge in [0.1, 0.15) is 5.82 Å². The Kier molecular flexibility index (Phi) is 4.78. The molecule has 3 aromatic carbocycles. The highest BCUT2D eigenvalue weighted by molar-refractivity contribution is 5.83. The molecule has 0 saturated carbocycles. The molecule has 0 aliphatic heterocycles. The van der Waals surface area contributed by atoms with Gasteiger partial charge in [-0.3, -0.25) is 0 Å². The lowest BCUT2D eigenvalue weighted by Crippen LogP contribution is -2.21. The summed E-state index contributed by atoms with van der Waals surface area (Å²) < 4.78 is 0. The van der Waals surface area contributed by atoms with Crippen LogP contribution in [0.5, 0.6) is 0 Å². The first-order valence-electron chi connectivity index (χ1n) is 9.48. The molecule has 1 heterocycles. The van der Waals surface area contributed by atoms with E-state index in [0.29, 0.717) is 6.04 Å². The summed E-state index contributed by atoms with van der Waals surface area (Å²) in [6.07, 6.45) is 0. The van der Waals surface area contributed by atoms with Gasteiger partial charge >= 0.3 is 0 Å². The monoisotopic (exact) mass is 355 g/mol. The van der Waals surface area contributed by atoms with E-state index in [1.54, 1.807) is 0 Å². The fraction of sp³-hybridized carbons (Fsp3) is 0.208. The molecule has 2 N–H and O–H groups in total. The summed E-state index contributed by atoms with van der Waals surface area (Å²) in [4.78, 5) is 8.27. The number of para-hydroxylation sites is 1. The molecular weight excluding hydrogens is 330 g/mol. The summed E-state index contributed by atoms with van der Waals surface area (Å²) in [6, 6.07) is 24.0. The minimum Gasteiger partial charge on any atom is -0.338 e. The largest absolute Gasteiger partial charge is 0.338 e. The van der Waals surface area contributed by atoms with Crippen LogP contribution >= 0.6 is 0 Å². The van der Waals surface area contributed by atoms with Gasteiger partial charge in [-0.25, -0.2) is 4.98 Å². The lowest BCUT2D eigenvalue weighted by Gasteiger charge is -2.10. The number of imidazole rings is 1. The normalized spacial score (nSPS) is 11.4. The Morgan fingerprint density at radius 1 is 0.889 bits per heavy atom. The maximum Gasteiger partial charge on any atom is 0.138 e. The number of hydrogen-bond acceptors (Lipinski definition) is 2. The van der Waals surface area contributed by atoms with Gasteiger partial charge in [0.05, 0.1) is 11.0 Å². The van der Waals surface area contributed by atoms with Crippen molar-refractivity contribution in [3.05, 3.63) is 77.9 Å². The van der Waals surface area contributed by atoms with Crippen LogP contribution in [0.2, 0.25) is 0 Å². The van der Waals surface area contributed by atoms with Crippen LogP contribution in [0.1, 0.15) is 25.0 Å². The predicted molar refractivity (Wildman–Crippen MR) is 114 cm³/mol. The number of aromatic amines is 1. The van der Waals surface area contributed by atoms with Crippen molar-refractivity contribution in [3.8, 4) is 22.5 Å². The summed E-state index contributed by atoms with van der Waals surface area (Å²) in [7, 11) is 0. The highest BCUT2D eigenvalue weighted by Crippen LogP contribution is 2.27. The van der Waals surface area contributed by atoms with Crippen LogP contribution in [0.25, 0.3) is 33.5 Å². The van der Waals surface area contributed by atoms with Crippen molar-refractivity contribution in [3.63, 3.8) is 0 Å². The summed E-state index contributed by atoms with van der Waals surface area (Å²) >= 11 is 0. The molecule has 0 amide bonds. The minimum atomic E-state index is 0.480. The van der Waals surface area contributed by atoms with E-state index in [1.165, 1.54) is 22.3 Å². The van der Waals surface area contributed by atoms with E-state index in [1.807, 2.05) is 0 Å². The van der Waals surface area contributed by atoms with Crippen molar-refractivity contribution in [2.24, 2.45) is 0 Å². The highest BCUT2D eigenvalue weighted by Gasteiger charge is 2.08. The van der Waals surface area contributed by atoms with Gasteiger partial charge < -0.3 is 10.3 Å². The molecule has 0 unspecified atom stereocenters. The Labute approximate surface area is 160 Å². The fourth-order valence-electron chi connectivity index (χ4n) is 3.34. The Morgan fingerprint density at radius 2 is 1.59 bits per heavy atom. The molecular formula is C24H25N3. The topological polar surface area (TPSA) is 40.7 Å². The van der Waals surface area contributed by atoms with E-state index >= 15 is 0 Å². The van der Waals surface area contributed by atoms with E-state index in [9.17, 15) is 0 Å². The van der Waals surface area contributed by atoms with E-state index in [2.05, 4.69) is 97.8 Å². The molecule has 3 heteroatoms. The van der Waals surface area contributed by atoms with Crippen molar-refractivity contribution >= 4 is 11.0 Å². The van der Waals surface area contributed by atoms with Crippen molar-refractivity contribution in [1.29, 1.82) is 0 Å². The zero-order valence-corrected chi connectivity index (χ0v) is 16.1. The van der Waals surface area contributed by atoms with E-state index < -0.39 is 0 Å². The minimum absolute atomic E-state index is 0.480. The zero-order chi connectivity index (χ0) is 18.8. The molecule has 0 fully saturated rings. The average Bonchev–Trinajstić information content (AvgIpc) is 3.13. The molecule has 1 aromatic heterocycles. The second-order valence-electron chi connectivity index (χ2n) is 7.37. The van der Waals surface area contributed by atoms with Crippen molar-refractivity contribution in [1.82, 2.24) is 15.3 Å². The Morgan fingerprint density at radius 3 is 2.37 bits per heavy atom. The second kappa shape index (κ2) is 7.37. The number of fused-ring (bicyclic) bond motifs is 1. The number of rotatable bonds is 5. The van der Waals surface area contributed by atoms with Crippen LogP contribution in [-0.4, -0.2) is 16.0 Å². The first-order chi connectivity index (χ1) is 13.1. The Bertz CT molecular complexity index is 1080. The molecule has 0 radical (unpaired) electrons. The van der Waals surface area contributed by atoms with Gasteiger partial charge in [-0.2, -0.15) is 0 Å². The van der Waals surface area contributed by atoms with Crippen LogP contribution in [0.15, 0.2) is 66.7 Å². The summed E-state index contributed by atoms with van der Waals surface area (Å²) in [6.45, 7) is 7.32. The van der Waals surface area contributed by atoms with Gasteiger partial charge in [-0.1, -0.05) is 62.4 Å². The standard InChI is InChI=1S/C24H25N3/c1-16(2)25-15-18-8-5-9-19(13-18)20-10-6-11-21(14-20)24-26-22-12-4-7-17(3)23(22)27-24/h4-14,16,25H,15H2,1-3H3,(H,26,27). The van der Waals surface area contributed by atoms with Crippen LogP contribution in [0, 0.1) is 6.92 Å². The predicted octanol–water partition coefficient (Wildman–Crippen LogP) is 5.70. The Hall–Kier alpha value is -2.91. The van der Waals surface area contributed by atoms with Gasteiger partial charge in [-0.05, 0) is 47.4 Å². The summed E-state index contributed by atoms with van der Waals surface area (Å²) in [5.41, 5.74) is 8.15. The van der Waals surface area contributed by atoms with Crippen LogP contribution in [0.4, 0.5) is 0 Å². The SMILES string of the molecule is Cc1cccc2[nH]c(-c3cccc(-c4cccc(CNC(C)C)c4)c3)nc12. The maximum atomic E-state index is 4.82. The number of H-pyrrole nitrogens is 1. The van der Waals surface area contributed by atoms with Gasteiger partial charge in [0, 0.05) is 18.2 Å². The average molecular weight is 355 g/mol. The molecule has 4 aromatic rings. The van der Waals surface area contributed by atoms with Crippen LogP contribution < -0.4 is 5.32 Å². The zero-order valence-electron chi connectivity index (χ0n) is 16.1. The smallest absolute Gasteiger partial charge is 0.138 e. The second-order valence-corrected chi connectivity index (χ2v) is 7.37. The van der Waals surface area contributed by atoms with Gasteiger partial charge in [0.15, 0.2) is 0 Å². The third kappa shape index (κ3) is 3.79. The third-order valence-corrected chi connectivity index (χ3v) is 4.83. The van der Waals surface area contributed by atoms with E-state index in [-0.39, 0.29) is 0 Å². The molecule has 0 aliphatic rings. The highest BCUT2D eigenvalue weighted by atomic mass is 14.9. The molecule has 0 saturated heterocycles. The lowest BCUT2D eigenvalue weighted by atomic mass is 10.0. The third-order valence-electron chi connectivity index (χ3n) is 4.83. The van der Waals surface area contributed by atoms with Gasteiger partial charge in [0.25, 0.3) is 0 Å². The number of nitrogens with zero attached hydrogens (tertiary/aromatic N) is 1. The molecule has 3 nitrogen and oxygen atoms in total. The first kappa shape index (κ1) is 17.5. The first-order valence-corrected chi connectivity index (χ1v) is 9.48. The van der Waals surface area contributed by atoms with E-state index in [0.717, 1.165) is 29.0 Å². The van der Waals surface area contributed by atoms with E-state index in [4.69, 9.17) is 4.98 Å². The number of nitrogens with one attached hydrogen (secondary N) is 2. The number of hydrogen-bond donors (Lipinski definition) is 2. The quantitative estimate of drug-likeness (QED) is 0.482. The molecule has 0 aliphatic carbocycles. The Balaban J connectivity index is 1.68. The molecule has 136 valence electrons. The maximum absolute atomic E-state index is 4.82. The van der Waals surface area contributed by atoms with Crippen molar-refractivity contribution in [2.45, 2.75) is 33.4 Å². The number of aryl methyl sites for hydroxylation is 1. The molecule has 4 rings (SSSR count). The van der Waals surface area contributed by atoms with Crippen LogP contribution in [-0.2, 0) is 6.54 Å². The van der Waals surface area contributed by atoms with Gasteiger partial charge in [-0.15, -0.1) is 0 Å². The fourth-order valence-corrected chi connectivity index (χ4v) is 3.34. The molecule has 0 bridgehead atoms. The number of aromatic nitrogens is 2. The van der Waals surface area contributed by atoms with Crippen molar-refractivity contribution in [2.75, 3.05) is 0 Å². The van der Waals surface area contributed by atoms with Crippen molar-refractivity contribution < 1.29 is 0 Å². The van der Waals surface area contributed by atoms with Gasteiger partial charge in [0.2, 0.25) is 0 Å². The van der Waals surface area contributed by atoms with Crippen LogP contribution in [0.3, 0.4) is 0 Å². The lowest BCUT2D eigenvalue weighted by molar-refractivity contribution is 0.589. The summed E-state index contributed by atoms with van der Waals surface area (Å²) in [5, 5.41) is 3.48. The molecule has 27 heavy (non-hydrogen) atoms. The summed E-state index contributed by atoms with van der Waals surface area (Å²) in [5.74, 6) is 0.916.